The van der Waals surface area contributed by atoms with Crippen LogP contribution in [-0.4, -0.2) is 71.5 Å². The molecule has 1 aliphatic carbocycles. The Morgan fingerprint density at radius 3 is 2.68 bits per heavy atom. The van der Waals surface area contributed by atoms with Gasteiger partial charge in [0.25, 0.3) is 0 Å². The van der Waals surface area contributed by atoms with E-state index in [4.69, 9.17) is 14.2 Å². The van der Waals surface area contributed by atoms with Crippen LogP contribution in [0.25, 0.3) is 0 Å². The van der Waals surface area contributed by atoms with Crippen molar-refractivity contribution in [2.45, 2.75) is 70.9 Å². The molecule has 1 saturated carbocycles. The molecule has 1 aromatic rings. The van der Waals surface area contributed by atoms with Gasteiger partial charge in [0, 0.05) is 38.2 Å². The highest BCUT2D eigenvalue weighted by atomic mass is 32.2. The maximum atomic E-state index is 12.5. The van der Waals surface area contributed by atoms with E-state index in [0.29, 0.717) is 25.9 Å². The molecule has 4 atom stereocenters. The Morgan fingerprint density at radius 1 is 1.19 bits per heavy atom. The fourth-order valence-corrected chi connectivity index (χ4v) is 5.28. The fraction of sp³-hybridized carbons (Fsp3) is 0.607. The minimum atomic E-state index is -0.742. The van der Waals surface area contributed by atoms with E-state index in [1.54, 1.807) is 44.9 Å². The third-order valence-electron chi connectivity index (χ3n) is 6.00. The molecular formula is C28H40O8S. The lowest BCUT2D eigenvalue weighted by Gasteiger charge is -2.18. The molecule has 0 aliphatic heterocycles. The van der Waals surface area contributed by atoms with Gasteiger partial charge in [0.2, 0.25) is 0 Å². The van der Waals surface area contributed by atoms with Crippen molar-refractivity contribution in [1.82, 2.24) is 0 Å². The van der Waals surface area contributed by atoms with Crippen LogP contribution < -0.4 is 0 Å². The molecule has 1 aliphatic rings. The lowest BCUT2D eigenvalue weighted by atomic mass is 9.91. The summed E-state index contributed by atoms with van der Waals surface area (Å²) in [6, 6.07) is 7.84. The van der Waals surface area contributed by atoms with Crippen molar-refractivity contribution in [3.63, 3.8) is 0 Å². The average Bonchev–Trinajstić information content (AvgIpc) is 3.10. The van der Waals surface area contributed by atoms with Crippen LogP contribution in [0.15, 0.2) is 36.4 Å². The van der Waals surface area contributed by atoms with Gasteiger partial charge in [-0.3, -0.25) is 9.59 Å². The smallest absolute Gasteiger partial charge is 0.344 e. The number of hydrogen-bond donors (Lipinski definition) is 2. The number of carbonyl (C=O) groups is 3. The lowest BCUT2D eigenvalue weighted by Crippen LogP contribution is -2.20. The summed E-state index contributed by atoms with van der Waals surface area (Å²) in [6.45, 7) is 3.59. The van der Waals surface area contributed by atoms with Crippen LogP contribution in [0, 0.1) is 11.8 Å². The van der Waals surface area contributed by atoms with Gasteiger partial charge in [0.1, 0.15) is 5.78 Å². The van der Waals surface area contributed by atoms with Gasteiger partial charge >= 0.3 is 11.9 Å². The van der Waals surface area contributed by atoms with Crippen molar-refractivity contribution >= 4 is 29.5 Å². The maximum Gasteiger partial charge on any atom is 0.344 e. The van der Waals surface area contributed by atoms with Crippen LogP contribution in [-0.2, 0) is 41.6 Å². The topological polar surface area (TPSA) is 119 Å². The van der Waals surface area contributed by atoms with Crippen molar-refractivity contribution in [2.75, 3.05) is 25.2 Å². The highest BCUT2D eigenvalue weighted by Crippen LogP contribution is 2.34. The number of ketones is 1. The summed E-state index contributed by atoms with van der Waals surface area (Å²) in [4.78, 5) is 35.6. The van der Waals surface area contributed by atoms with Crippen molar-refractivity contribution in [3.05, 3.63) is 47.5 Å². The van der Waals surface area contributed by atoms with Crippen LogP contribution in [0.5, 0.6) is 0 Å². The Balaban J connectivity index is 1.71. The van der Waals surface area contributed by atoms with Crippen LogP contribution in [0.1, 0.15) is 50.7 Å². The molecular weight excluding hydrogens is 496 g/mol. The fourth-order valence-electron chi connectivity index (χ4n) is 4.31. The third kappa shape index (κ3) is 11.8. The first-order valence-electron chi connectivity index (χ1n) is 12.8. The number of Topliss-reactive ketones (excluding diaryl/α,β-unsaturated/α-hetero) is 1. The molecule has 0 unspecified atom stereocenters. The SMILES string of the molecule is COCc1cccc(C[C@H](O)C=C[C@H]2[C@H](O)CC(=O)[C@@H]2CCSCCCC(=O)OCC(=O)OC(C)C)c1. The number of rotatable bonds is 16. The number of carbonyl (C=O) groups excluding carboxylic acids is 3. The summed E-state index contributed by atoms with van der Waals surface area (Å²) < 4.78 is 15.0. The quantitative estimate of drug-likeness (QED) is 0.186. The van der Waals surface area contributed by atoms with E-state index in [1.165, 1.54) is 0 Å². The van der Waals surface area contributed by atoms with Gasteiger partial charge in [-0.1, -0.05) is 36.4 Å². The normalized spacial score (nSPS) is 20.5. The molecule has 0 heterocycles. The molecule has 0 aromatic heterocycles. The van der Waals surface area contributed by atoms with E-state index in [0.717, 1.165) is 22.6 Å². The molecule has 1 fully saturated rings. The zero-order valence-corrected chi connectivity index (χ0v) is 22.8. The molecule has 2 N–H and O–H groups in total. The van der Waals surface area contributed by atoms with E-state index in [-0.39, 0.29) is 43.2 Å². The van der Waals surface area contributed by atoms with Crippen molar-refractivity contribution in [2.24, 2.45) is 11.8 Å². The zero-order chi connectivity index (χ0) is 27.2. The molecule has 0 radical (unpaired) electrons. The zero-order valence-electron chi connectivity index (χ0n) is 22.0. The minimum absolute atomic E-state index is 0.0429. The number of methoxy groups -OCH3 is 1. The Kier molecular flexibility index (Phi) is 13.9. The number of ether oxygens (including phenoxy) is 3. The Morgan fingerprint density at radius 2 is 1.95 bits per heavy atom. The Hall–Kier alpha value is -2.20. The second-order valence-corrected chi connectivity index (χ2v) is 10.8. The second-order valence-electron chi connectivity index (χ2n) is 9.53. The molecule has 0 amide bonds. The predicted octanol–water partition coefficient (Wildman–Crippen LogP) is 3.26. The standard InChI is InChI=1S/C28H40O8S/c1-19(2)36-28(33)18-35-27(32)8-5-12-37-13-11-24-23(25(30)16-26(24)31)10-9-22(29)15-20-6-4-7-21(14-20)17-34-3/h4,6-7,9-10,14,19,22-25,29-30H,5,8,11-13,15-18H2,1-3H3/t22-,23-,24-,25-/m1/s1. The van der Waals surface area contributed by atoms with E-state index in [1.807, 2.05) is 24.3 Å². The van der Waals surface area contributed by atoms with Crippen molar-refractivity contribution < 1.29 is 38.8 Å². The summed E-state index contributed by atoms with van der Waals surface area (Å²) in [5.74, 6) is -0.121. The van der Waals surface area contributed by atoms with Crippen LogP contribution in [0.4, 0.5) is 0 Å². The summed E-state index contributed by atoms with van der Waals surface area (Å²) >= 11 is 1.63. The highest BCUT2D eigenvalue weighted by Gasteiger charge is 2.39. The van der Waals surface area contributed by atoms with Crippen LogP contribution in [0.2, 0.25) is 0 Å². The lowest BCUT2D eigenvalue weighted by molar-refractivity contribution is -0.161. The number of aliphatic hydroxyl groups excluding tert-OH is 2. The molecule has 206 valence electrons. The number of aliphatic hydroxyl groups is 2. The van der Waals surface area contributed by atoms with E-state index < -0.39 is 24.1 Å². The number of esters is 2. The largest absolute Gasteiger partial charge is 0.460 e. The molecule has 0 saturated heterocycles. The number of thioether (sulfide) groups is 1. The van der Waals surface area contributed by atoms with Gasteiger partial charge in [-0.05, 0) is 49.3 Å². The van der Waals surface area contributed by atoms with Crippen molar-refractivity contribution in [3.8, 4) is 0 Å². The van der Waals surface area contributed by atoms with Gasteiger partial charge in [-0.15, -0.1) is 0 Å². The number of benzene rings is 1. The van der Waals surface area contributed by atoms with E-state index in [9.17, 15) is 24.6 Å². The van der Waals surface area contributed by atoms with Gasteiger partial charge < -0.3 is 24.4 Å². The van der Waals surface area contributed by atoms with Crippen LogP contribution >= 0.6 is 11.8 Å². The molecule has 8 nitrogen and oxygen atoms in total. The first kappa shape index (κ1) is 31.0. The van der Waals surface area contributed by atoms with E-state index in [2.05, 4.69) is 0 Å². The highest BCUT2D eigenvalue weighted by molar-refractivity contribution is 7.99. The van der Waals surface area contributed by atoms with Crippen molar-refractivity contribution in [1.29, 1.82) is 0 Å². The molecule has 37 heavy (non-hydrogen) atoms. The summed E-state index contributed by atoms with van der Waals surface area (Å²) in [5.41, 5.74) is 2.02. The predicted molar refractivity (Wildman–Crippen MR) is 142 cm³/mol. The summed E-state index contributed by atoms with van der Waals surface area (Å²) in [7, 11) is 1.64. The maximum absolute atomic E-state index is 12.5. The first-order chi connectivity index (χ1) is 17.7. The Bertz CT molecular complexity index is 900. The molecule has 0 spiro atoms. The van der Waals surface area contributed by atoms with Gasteiger partial charge in [0.15, 0.2) is 6.61 Å². The summed E-state index contributed by atoms with van der Waals surface area (Å²) in [6.07, 6.45) is 3.75. The van der Waals surface area contributed by atoms with Gasteiger partial charge in [0.05, 0.1) is 24.9 Å². The molecule has 2 rings (SSSR count). The third-order valence-corrected chi connectivity index (χ3v) is 7.10. The average molecular weight is 537 g/mol. The van der Waals surface area contributed by atoms with Gasteiger partial charge in [-0.2, -0.15) is 11.8 Å². The molecule has 0 bridgehead atoms. The monoisotopic (exact) mass is 536 g/mol. The molecule has 9 heteroatoms. The van der Waals surface area contributed by atoms with Gasteiger partial charge in [-0.25, -0.2) is 4.79 Å². The second kappa shape index (κ2) is 16.6. The van der Waals surface area contributed by atoms with E-state index >= 15 is 0 Å². The number of hydrogen-bond acceptors (Lipinski definition) is 9. The van der Waals surface area contributed by atoms with Crippen LogP contribution in [0.3, 0.4) is 0 Å². The first-order valence-corrected chi connectivity index (χ1v) is 13.9. The Labute approximate surface area is 223 Å². The minimum Gasteiger partial charge on any atom is -0.460 e. The molecule has 1 aromatic carbocycles. The summed E-state index contributed by atoms with van der Waals surface area (Å²) in [5, 5.41) is 20.9.